The molecule has 0 fully saturated rings. The Morgan fingerprint density at radius 1 is 1.03 bits per heavy atom. The number of nitrogens with one attached hydrogen (secondary N) is 2. The number of pyridine rings is 1. The minimum atomic E-state index is -1.76. The van der Waals surface area contributed by atoms with Crippen LogP contribution >= 0.6 is 34.8 Å². The molecule has 0 unspecified atom stereocenters. The number of nitrogens with two attached hydrogens (primary N) is 1. The van der Waals surface area contributed by atoms with Gasteiger partial charge in [0.25, 0.3) is 5.91 Å². The molecule has 1 heterocycles. The summed E-state index contributed by atoms with van der Waals surface area (Å²) in [5.41, 5.74) is 4.24. The maximum atomic E-state index is 13.5. The number of benzene rings is 1. The van der Waals surface area contributed by atoms with E-state index in [9.17, 15) is 27.6 Å². The molecule has 2 rings (SSSR count). The molecule has 1 aromatic heterocycles. The first-order valence-corrected chi connectivity index (χ1v) is 8.83. The van der Waals surface area contributed by atoms with Crippen molar-refractivity contribution in [3.8, 4) is 0 Å². The van der Waals surface area contributed by atoms with Crippen LogP contribution in [0.25, 0.3) is 0 Å². The molecule has 4 N–H and O–H groups in total. The summed E-state index contributed by atoms with van der Waals surface area (Å²) in [5, 5.41) is 3.19. The third-order valence-corrected chi connectivity index (χ3v) is 4.49. The first-order chi connectivity index (χ1) is 14.0. The predicted octanol–water partition coefficient (Wildman–Crippen LogP) is 2.95. The van der Waals surface area contributed by atoms with Crippen LogP contribution in [0.4, 0.5) is 24.5 Å². The zero-order chi connectivity index (χ0) is 22.6. The molecule has 0 atom stereocenters. The number of aromatic nitrogens is 1. The number of anilines is 2. The van der Waals surface area contributed by atoms with Gasteiger partial charge in [-0.05, 0) is 12.1 Å². The summed E-state index contributed by atoms with van der Waals surface area (Å²) >= 11 is 17.2. The zero-order valence-corrected chi connectivity index (χ0v) is 16.8. The summed E-state index contributed by atoms with van der Waals surface area (Å²) in [6, 6.07) is 1.41. The number of nitrogen functional groups attached to an aromatic ring is 1. The van der Waals surface area contributed by atoms with E-state index in [1.807, 2.05) is 5.32 Å². The molecule has 2 aromatic rings. The van der Waals surface area contributed by atoms with Crippen molar-refractivity contribution < 1.29 is 32.3 Å². The van der Waals surface area contributed by atoms with Gasteiger partial charge in [0.15, 0.2) is 34.9 Å². The lowest BCUT2D eigenvalue weighted by atomic mass is 10.2. The summed E-state index contributed by atoms with van der Waals surface area (Å²) in [4.78, 5) is 39.0. The molecular formula is C16H10Cl3F3N4O4. The number of nitrogens with zero attached hydrogens (tertiary/aromatic N) is 1. The highest BCUT2D eigenvalue weighted by Gasteiger charge is 2.22. The van der Waals surface area contributed by atoms with Crippen LogP contribution in [0.3, 0.4) is 0 Å². The van der Waals surface area contributed by atoms with Gasteiger partial charge in [-0.15, -0.1) is 0 Å². The molecule has 2 amide bonds. The third-order valence-electron chi connectivity index (χ3n) is 3.36. The van der Waals surface area contributed by atoms with E-state index in [4.69, 9.17) is 40.5 Å². The quantitative estimate of drug-likeness (QED) is 0.328. The van der Waals surface area contributed by atoms with Crippen LogP contribution < -0.4 is 16.4 Å². The molecule has 0 saturated heterocycles. The zero-order valence-electron chi connectivity index (χ0n) is 14.5. The Morgan fingerprint density at radius 3 is 2.37 bits per heavy atom. The predicted molar refractivity (Wildman–Crippen MR) is 102 cm³/mol. The van der Waals surface area contributed by atoms with Crippen LogP contribution in [0.5, 0.6) is 0 Å². The van der Waals surface area contributed by atoms with Crippen molar-refractivity contribution in [1.82, 2.24) is 10.3 Å². The molecule has 0 aliphatic heterocycles. The van der Waals surface area contributed by atoms with E-state index in [1.165, 1.54) is 0 Å². The minimum absolute atomic E-state index is 0.167. The van der Waals surface area contributed by atoms with Gasteiger partial charge in [0.1, 0.15) is 5.02 Å². The number of carbonyl (C=O) groups is 3. The van der Waals surface area contributed by atoms with Crippen molar-refractivity contribution >= 4 is 64.0 Å². The van der Waals surface area contributed by atoms with Gasteiger partial charge in [-0.25, -0.2) is 22.9 Å². The smallest absolute Gasteiger partial charge is 0.359 e. The number of hydrogen-bond acceptors (Lipinski definition) is 6. The van der Waals surface area contributed by atoms with Gasteiger partial charge in [0, 0.05) is 0 Å². The molecule has 30 heavy (non-hydrogen) atoms. The van der Waals surface area contributed by atoms with Gasteiger partial charge in [0.05, 0.1) is 22.9 Å². The van der Waals surface area contributed by atoms with Crippen molar-refractivity contribution in [3.05, 3.63) is 50.5 Å². The Bertz CT molecular complexity index is 1040. The van der Waals surface area contributed by atoms with Crippen LogP contribution in [0.1, 0.15) is 10.5 Å². The second-order valence-electron chi connectivity index (χ2n) is 5.42. The molecule has 0 spiro atoms. The average Bonchev–Trinajstić information content (AvgIpc) is 2.71. The van der Waals surface area contributed by atoms with Crippen LogP contribution in [0.15, 0.2) is 12.1 Å². The maximum Gasteiger partial charge on any atom is 0.359 e. The minimum Gasteiger partial charge on any atom is -0.451 e. The van der Waals surface area contributed by atoms with E-state index >= 15 is 0 Å². The van der Waals surface area contributed by atoms with E-state index in [1.54, 1.807) is 0 Å². The number of amides is 2. The number of hydrogen-bond donors (Lipinski definition) is 3. The Labute approximate surface area is 181 Å². The van der Waals surface area contributed by atoms with Crippen molar-refractivity contribution in [2.24, 2.45) is 0 Å². The maximum absolute atomic E-state index is 13.5. The molecule has 160 valence electrons. The average molecular weight is 486 g/mol. The third kappa shape index (κ3) is 5.43. The Balaban J connectivity index is 1.88. The van der Waals surface area contributed by atoms with Gasteiger partial charge in [0.2, 0.25) is 5.91 Å². The van der Waals surface area contributed by atoms with E-state index in [0.717, 1.165) is 6.07 Å². The second-order valence-corrected chi connectivity index (χ2v) is 6.53. The van der Waals surface area contributed by atoms with Crippen LogP contribution in [0, 0.1) is 17.5 Å². The normalized spacial score (nSPS) is 10.5. The lowest BCUT2D eigenvalue weighted by Crippen LogP contribution is -2.35. The molecule has 8 nitrogen and oxygen atoms in total. The summed E-state index contributed by atoms with van der Waals surface area (Å²) < 4.78 is 44.1. The molecule has 0 aliphatic carbocycles. The molecule has 0 radical (unpaired) electrons. The highest BCUT2D eigenvalue weighted by atomic mass is 35.5. The Morgan fingerprint density at radius 2 is 1.70 bits per heavy atom. The lowest BCUT2D eigenvalue weighted by Gasteiger charge is -2.10. The second kappa shape index (κ2) is 9.83. The number of rotatable bonds is 6. The first kappa shape index (κ1) is 23.5. The number of ether oxygens (including phenoxy) is 1. The highest BCUT2D eigenvalue weighted by Crippen LogP contribution is 2.34. The molecule has 0 aliphatic rings. The standard InChI is InChI=1S/C16H10Cl3F3N4O4/c17-9-13(23)10(18)15(19)26-14(9)16(29)30-4-8(28)24-3-7(27)25-6-2-1-5(20)11(21)12(6)22/h1-2H,3-4H2,(H2,23,26)(H,24,28)(H,25,27). The SMILES string of the molecule is Nc1c(Cl)c(Cl)nc(C(=O)OCC(=O)NCC(=O)Nc2ccc(F)c(F)c2F)c1Cl. The van der Waals surface area contributed by atoms with Gasteiger partial charge in [-0.3, -0.25) is 9.59 Å². The van der Waals surface area contributed by atoms with Crippen molar-refractivity contribution in [3.63, 3.8) is 0 Å². The molecular weight excluding hydrogens is 476 g/mol. The highest BCUT2D eigenvalue weighted by molar-refractivity contribution is 6.46. The molecule has 0 bridgehead atoms. The van der Waals surface area contributed by atoms with Gasteiger partial charge >= 0.3 is 5.97 Å². The number of halogens is 6. The van der Waals surface area contributed by atoms with E-state index < -0.39 is 59.8 Å². The van der Waals surface area contributed by atoms with Gasteiger partial charge in [-0.2, -0.15) is 0 Å². The molecule has 1 aromatic carbocycles. The van der Waals surface area contributed by atoms with Gasteiger partial charge < -0.3 is 21.1 Å². The largest absolute Gasteiger partial charge is 0.451 e. The van der Waals surface area contributed by atoms with E-state index in [-0.39, 0.29) is 20.9 Å². The summed E-state index contributed by atoms with van der Waals surface area (Å²) in [5.74, 6) is -7.82. The van der Waals surface area contributed by atoms with E-state index in [2.05, 4.69) is 15.0 Å². The topological polar surface area (TPSA) is 123 Å². The molecule has 14 heteroatoms. The fourth-order valence-corrected chi connectivity index (χ4v) is 2.50. The van der Waals surface area contributed by atoms with Crippen LogP contribution in [-0.4, -0.2) is 35.9 Å². The Kier molecular flexibility index (Phi) is 7.71. The fourth-order valence-electron chi connectivity index (χ4n) is 1.91. The summed E-state index contributed by atoms with van der Waals surface area (Å²) in [6.07, 6.45) is 0. The fraction of sp³-hybridized carbons (Fsp3) is 0.125. The van der Waals surface area contributed by atoms with Crippen LogP contribution in [-0.2, 0) is 14.3 Å². The van der Waals surface area contributed by atoms with Crippen LogP contribution in [0.2, 0.25) is 15.2 Å². The van der Waals surface area contributed by atoms with Crippen molar-refractivity contribution in [2.75, 3.05) is 24.2 Å². The lowest BCUT2D eigenvalue weighted by molar-refractivity contribution is -0.126. The summed E-state index contributed by atoms with van der Waals surface area (Å²) in [7, 11) is 0. The Hall–Kier alpha value is -2.76. The number of carbonyl (C=O) groups excluding carboxylic acids is 3. The van der Waals surface area contributed by atoms with Crippen molar-refractivity contribution in [2.45, 2.75) is 0 Å². The number of esters is 1. The first-order valence-electron chi connectivity index (χ1n) is 7.70. The monoisotopic (exact) mass is 484 g/mol. The van der Waals surface area contributed by atoms with Gasteiger partial charge in [-0.1, -0.05) is 34.8 Å². The summed E-state index contributed by atoms with van der Waals surface area (Å²) in [6.45, 7) is -1.53. The van der Waals surface area contributed by atoms with Crippen molar-refractivity contribution in [1.29, 1.82) is 0 Å². The van der Waals surface area contributed by atoms with E-state index in [0.29, 0.717) is 6.07 Å². The molecule has 0 saturated carbocycles.